The van der Waals surface area contributed by atoms with Gasteiger partial charge in [0, 0.05) is 53.8 Å². The van der Waals surface area contributed by atoms with Crippen molar-refractivity contribution in [3.8, 4) is 0 Å². The van der Waals surface area contributed by atoms with Gasteiger partial charge in [0.25, 0.3) is 0 Å². The van der Waals surface area contributed by atoms with Crippen LogP contribution in [0.25, 0.3) is 0 Å². The molecule has 0 fully saturated rings. The molecule has 1 aromatic heterocycles. The predicted octanol–water partition coefficient (Wildman–Crippen LogP) is 1.57. The van der Waals surface area contributed by atoms with Crippen LogP contribution in [0, 0.1) is 14.5 Å². The van der Waals surface area contributed by atoms with Gasteiger partial charge in [0.15, 0.2) is 0 Å². The van der Waals surface area contributed by atoms with E-state index in [0.29, 0.717) is 0 Å². The van der Waals surface area contributed by atoms with Gasteiger partial charge in [-0.1, -0.05) is 0 Å². The van der Waals surface area contributed by atoms with E-state index in [4.69, 9.17) is 0 Å². The number of nitrogens with zero attached hydrogens (tertiary/aromatic N) is 1. The van der Waals surface area contributed by atoms with Crippen molar-refractivity contribution >= 4 is 0 Å². The van der Waals surface area contributed by atoms with Gasteiger partial charge in [-0.3, -0.25) is 0 Å². The Hall–Kier alpha value is 0.942. The van der Waals surface area contributed by atoms with Crippen molar-refractivity contribution in [3.63, 3.8) is 0 Å². The monoisotopic (exact) mass is 368 g/mol. The zero-order valence-electron chi connectivity index (χ0n) is 5.45. The summed E-state index contributed by atoms with van der Waals surface area (Å²) >= 11 is 0. The van der Waals surface area contributed by atoms with Crippen molar-refractivity contribution in [2.75, 3.05) is 0 Å². The summed E-state index contributed by atoms with van der Waals surface area (Å²) in [5, 5.41) is 0. The first-order valence-electron chi connectivity index (χ1n) is 1.83. The molecule has 0 aromatic carbocycles. The Kier molecular flexibility index (Phi) is 16.4. The van der Waals surface area contributed by atoms with Crippen LogP contribution in [-0.2, 0) is 53.8 Å². The maximum Gasteiger partial charge on any atom is 0 e. The molecule has 0 bridgehead atoms. The van der Waals surface area contributed by atoms with Crippen LogP contribution in [0.2, 0.25) is 0 Å². The second kappa shape index (κ2) is 8.94. The Balaban J connectivity index is -0.000000120. The van der Waals surface area contributed by atoms with E-state index < -0.39 is 0 Å². The smallest absolute Gasteiger partial charge is 0 e. The zero-order chi connectivity index (χ0) is 4.41. The van der Waals surface area contributed by atoms with E-state index in [1.54, 1.807) is 4.57 Å². The van der Waals surface area contributed by atoms with Crippen LogP contribution in [0.4, 0.5) is 0 Å². The fourth-order valence-electron chi connectivity index (χ4n) is 0.370. The first kappa shape index (κ1) is 16.5. The number of hydrogen-bond acceptors (Lipinski definition) is 0. The van der Waals surface area contributed by atoms with Crippen LogP contribution in [0.1, 0.15) is 0 Å². The molecule has 0 unspecified atom stereocenters. The fourth-order valence-corrected chi connectivity index (χ4v) is 0.370. The van der Waals surface area contributed by atoms with E-state index in [0.717, 1.165) is 0 Å². The van der Waals surface area contributed by atoms with Gasteiger partial charge in [-0.25, -0.2) is 0 Å². The minimum atomic E-state index is 0. The van der Waals surface area contributed by atoms with Crippen LogP contribution in [-0.4, -0.2) is 4.57 Å². The molecule has 0 aliphatic rings. The van der Waals surface area contributed by atoms with Gasteiger partial charge in [0.2, 0.25) is 0 Å². The van der Waals surface area contributed by atoms with Gasteiger partial charge in [-0.2, -0.15) is 0 Å². The van der Waals surface area contributed by atoms with Crippen molar-refractivity contribution in [3.05, 3.63) is 39.0 Å². The zero-order valence-corrected chi connectivity index (χ0v) is 11.2. The molecule has 0 amide bonds. The third kappa shape index (κ3) is 6.83. The van der Waals surface area contributed by atoms with Crippen molar-refractivity contribution < 1.29 is 53.8 Å². The number of aromatic nitrogens is 1. The van der Waals surface area contributed by atoms with Gasteiger partial charge in [-0.05, 0) is 0 Å². The Morgan fingerprint density at radius 2 is 1.44 bits per heavy atom. The maximum atomic E-state index is 3.60. The third-order valence-corrected chi connectivity index (χ3v) is 0.666. The van der Waals surface area contributed by atoms with Crippen molar-refractivity contribution in [1.29, 1.82) is 0 Å². The molecule has 1 radical (unpaired) electrons. The van der Waals surface area contributed by atoms with Crippen molar-refractivity contribution in [2.45, 2.75) is 0 Å². The molecular weight excluding hydrogens is 359 g/mol. The molecule has 3 heteroatoms. The fraction of sp³-hybridized carbons (Fsp3) is 0. The van der Waals surface area contributed by atoms with Crippen LogP contribution in [0.15, 0.2) is 24.5 Å². The normalized spacial score (nSPS) is 5.78. The Morgan fingerprint density at radius 3 is 1.56 bits per heavy atom. The summed E-state index contributed by atoms with van der Waals surface area (Å²) in [6.07, 6.45) is 3.78. The first-order valence-corrected chi connectivity index (χ1v) is 1.83. The molecular formula is C6H9NWY-2. The standard InChI is InChI=1S/C5H6N.CH3.W.Y/c1-6-4-2-3-5-6;;;/h2-5H,1H2;1H3;;/q2*-1;;. The summed E-state index contributed by atoms with van der Waals surface area (Å²) in [6, 6.07) is 3.88. The minimum Gasteiger partial charge on any atom is -0.493 e. The summed E-state index contributed by atoms with van der Waals surface area (Å²) in [5.41, 5.74) is 0. The Labute approximate surface area is 96.4 Å². The molecule has 1 nitrogen and oxygen atoms in total. The molecule has 0 saturated carbocycles. The summed E-state index contributed by atoms with van der Waals surface area (Å²) in [4.78, 5) is 0. The van der Waals surface area contributed by atoms with Crippen LogP contribution in [0.5, 0.6) is 0 Å². The molecule has 0 aliphatic carbocycles. The van der Waals surface area contributed by atoms with Crippen LogP contribution in [0.3, 0.4) is 0 Å². The van der Waals surface area contributed by atoms with Crippen LogP contribution < -0.4 is 0 Å². The molecule has 1 aromatic rings. The number of rotatable bonds is 0. The second-order valence-corrected chi connectivity index (χ2v) is 1.20. The predicted molar refractivity (Wildman–Crippen MR) is 31.6 cm³/mol. The molecule has 9 heavy (non-hydrogen) atoms. The van der Waals surface area contributed by atoms with Gasteiger partial charge in [-0.15, -0.1) is 31.6 Å². The van der Waals surface area contributed by atoms with Crippen molar-refractivity contribution in [2.24, 2.45) is 0 Å². The molecule has 1 rings (SSSR count). The van der Waals surface area contributed by atoms with E-state index >= 15 is 0 Å². The average Bonchev–Trinajstić information content (AvgIpc) is 1.86. The van der Waals surface area contributed by atoms with E-state index in [2.05, 4.69) is 7.05 Å². The van der Waals surface area contributed by atoms with E-state index in [1.807, 2.05) is 24.5 Å². The minimum absolute atomic E-state index is 0. The first-order chi connectivity index (χ1) is 2.89. The van der Waals surface area contributed by atoms with Gasteiger partial charge >= 0.3 is 0 Å². The second-order valence-electron chi connectivity index (χ2n) is 1.20. The molecule has 49 valence electrons. The van der Waals surface area contributed by atoms with E-state index in [9.17, 15) is 0 Å². The number of hydrogen-bond donors (Lipinski definition) is 0. The quantitative estimate of drug-likeness (QED) is 0.613. The topological polar surface area (TPSA) is 4.93 Å². The molecule has 0 aliphatic heterocycles. The SMILES string of the molecule is [CH2-]n1cccc1.[CH3-].[W].[Y]. The average molecular weight is 368 g/mol. The van der Waals surface area contributed by atoms with Gasteiger partial charge in [0.1, 0.15) is 0 Å². The summed E-state index contributed by atoms with van der Waals surface area (Å²) in [7, 11) is 3.60. The Morgan fingerprint density at radius 1 is 1.11 bits per heavy atom. The summed E-state index contributed by atoms with van der Waals surface area (Å²) in [6.45, 7) is 0. The molecule has 1 heterocycles. The maximum absolute atomic E-state index is 3.60. The molecule has 0 spiro atoms. The van der Waals surface area contributed by atoms with Gasteiger partial charge < -0.3 is 12.0 Å². The largest absolute Gasteiger partial charge is 0.493 e. The van der Waals surface area contributed by atoms with E-state index in [-0.39, 0.29) is 61.2 Å². The molecule has 0 N–H and O–H groups in total. The van der Waals surface area contributed by atoms with Crippen molar-refractivity contribution in [1.82, 2.24) is 4.57 Å². The van der Waals surface area contributed by atoms with E-state index in [1.165, 1.54) is 0 Å². The summed E-state index contributed by atoms with van der Waals surface area (Å²) in [5.74, 6) is 0. The molecule has 0 atom stereocenters. The van der Waals surface area contributed by atoms with Gasteiger partial charge in [0.05, 0.1) is 0 Å². The third-order valence-electron chi connectivity index (χ3n) is 0.666. The Bertz CT molecular complexity index is 117. The molecule has 0 saturated heterocycles. The van der Waals surface area contributed by atoms with Crippen LogP contribution >= 0.6 is 0 Å². The summed E-state index contributed by atoms with van der Waals surface area (Å²) < 4.78 is 1.75.